The Balaban J connectivity index is 2.34. The van der Waals surface area contributed by atoms with Gasteiger partial charge >= 0.3 is 0 Å². The topological polar surface area (TPSA) is 35.2 Å². The van der Waals surface area contributed by atoms with E-state index in [9.17, 15) is 0 Å². The fourth-order valence-electron chi connectivity index (χ4n) is 1.46. The monoisotopic (exact) mass is 267 g/mol. The Morgan fingerprint density at radius 3 is 2.47 bits per heavy atom. The molecule has 0 fully saturated rings. The van der Waals surface area contributed by atoms with Crippen LogP contribution in [0.3, 0.4) is 0 Å². The molecule has 0 aliphatic carbocycles. The van der Waals surface area contributed by atoms with Crippen LogP contribution in [0.4, 0.5) is 5.69 Å². The lowest BCUT2D eigenvalue weighted by atomic mass is 10.2. The van der Waals surface area contributed by atoms with E-state index >= 15 is 0 Å². The maximum atomic E-state index is 6.02. The van der Waals surface area contributed by atoms with Gasteiger partial charge in [-0.15, -0.1) is 0 Å². The fraction of sp³-hybridized carbons (Fsp3) is 0.0769. The number of ether oxygens (including phenoxy) is 1. The van der Waals surface area contributed by atoms with Crippen LogP contribution in [-0.4, -0.2) is 0 Å². The number of nitrogens with two attached hydrogens (primary N) is 1. The van der Waals surface area contributed by atoms with Crippen LogP contribution in [0, 0.1) is 6.92 Å². The SMILES string of the molecule is Cc1cc(N)ccc1Oc1cc(Cl)ccc1Cl. The van der Waals surface area contributed by atoms with Gasteiger partial charge in [0.2, 0.25) is 0 Å². The quantitative estimate of drug-likeness (QED) is 0.803. The summed E-state index contributed by atoms with van der Waals surface area (Å²) in [5.74, 6) is 1.25. The van der Waals surface area contributed by atoms with Crippen molar-refractivity contribution in [2.75, 3.05) is 5.73 Å². The maximum absolute atomic E-state index is 6.02. The molecule has 0 aliphatic heterocycles. The molecule has 2 aromatic carbocycles. The summed E-state index contributed by atoms with van der Waals surface area (Å²) >= 11 is 11.9. The second-order valence-electron chi connectivity index (χ2n) is 3.70. The van der Waals surface area contributed by atoms with Gasteiger partial charge in [-0.1, -0.05) is 23.2 Å². The van der Waals surface area contributed by atoms with E-state index in [1.165, 1.54) is 0 Å². The van der Waals surface area contributed by atoms with Crippen LogP contribution in [0.1, 0.15) is 5.56 Å². The van der Waals surface area contributed by atoms with Gasteiger partial charge in [0, 0.05) is 16.8 Å². The molecule has 17 heavy (non-hydrogen) atoms. The molecule has 2 aromatic rings. The molecule has 0 radical (unpaired) electrons. The summed E-state index contributed by atoms with van der Waals surface area (Å²) in [5.41, 5.74) is 7.32. The van der Waals surface area contributed by atoms with E-state index in [1.807, 2.05) is 19.1 Å². The maximum Gasteiger partial charge on any atom is 0.147 e. The van der Waals surface area contributed by atoms with Gasteiger partial charge in [-0.2, -0.15) is 0 Å². The molecule has 0 saturated heterocycles. The molecule has 0 spiro atoms. The van der Waals surface area contributed by atoms with Gasteiger partial charge in [-0.3, -0.25) is 0 Å². The van der Waals surface area contributed by atoms with Crippen LogP contribution in [-0.2, 0) is 0 Å². The van der Waals surface area contributed by atoms with Crippen molar-refractivity contribution < 1.29 is 4.74 Å². The van der Waals surface area contributed by atoms with E-state index in [-0.39, 0.29) is 0 Å². The van der Waals surface area contributed by atoms with Gasteiger partial charge < -0.3 is 10.5 Å². The van der Waals surface area contributed by atoms with Gasteiger partial charge in [0.25, 0.3) is 0 Å². The predicted octanol–water partition coefficient (Wildman–Crippen LogP) is 4.68. The molecule has 4 heteroatoms. The molecule has 2 N–H and O–H groups in total. The van der Waals surface area contributed by atoms with Crippen molar-refractivity contribution in [2.24, 2.45) is 0 Å². The normalized spacial score (nSPS) is 10.3. The van der Waals surface area contributed by atoms with Crippen LogP contribution in [0.15, 0.2) is 36.4 Å². The van der Waals surface area contributed by atoms with Gasteiger partial charge in [0.15, 0.2) is 0 Å². The molecule has 88 valence electrons. The van der Waals surface area contributed by atoms with E-state index in [4.69, 9.17) is 33.7 Å². The van der Waals surface area contributed by atoms with E-state index in [0.717, 1.165) is 5.56 Å². The first-order valence-electron chi connectivity index (χ1n) is 5.05. The number of benzene rings is 2. The molecule has 0 heterocycles. The molecule has 0 bridgehead atoms. The lowest BCUT2D eigenvalue weighted by Crippen LogP contribution is -1.91. The minimum atomic E-state index is 0.519. The van der Waals surface area contributed by atoms with E-state index in [1.54, 1.807) is 24.3 Å². The molecular formula is C13H11Cl2NO. The summed E-state index contributed by atoms with van der Waals surface area (Å²) in [4.78, 5) is 0. The summed E-state index contributed by atoms with van der Waals surface area (Å²) in [6.45, 7) is 1.92. The highest BCUT2D eigenvalue weighted by Gasteiger charge is 2.06. The average Bonchev–Trinajstić information content (AvgIpc) is 2.27. The third-order valence-corrected chi connectivity index (χ3v) is 2.86. The zero-order valence-corrected chi connectivity index (χ0v) is 10.7. The summed E-state index contributed by atoms with van der Waals surface area (Å²) in [5, 5.41) is 1.10. The second kappa shape index (κ2) is 4.86. The van der Waals surface area contributed by atoms with Crippen molar-refractivity contribution in [1.82, 2.24) is 0 Å². The van der Waals surface area contributed by atoms with E-state index < -0.39 is 0 Å². The lowest BCUT2D eigenvalue weighted by Gasteiger charge is -2.10. The molecule has 2 nitrogen and oxygen atoms in total. The lowest BCUT2D eigenvalue weighted by molar-refractivity contribution is 0.479. The van der Waals surface area contributed by atoms with Crippen LogP contribution in [0.25, 0.3) is 0 Å². The molecule has 0 aromatic heterocycles. The molecule has 2 rings (SSSR count). The third kappa shape index (κ3) is 2.84. The number of anilines is 1. The van der Waals surface area contributed by atoms with Crippen molar-refractivity contribution in [3.63, 3.8) is 0 Å². The molecule has 0 atom stereocenters. The zero-order chi connectivity index (χ0) is 12.4. The first kappa shape index (κ1) is 12.1. The van der Waals surface area contributed by atoms with Crippen molar-refractivity contribution in [2.45, 2.75) is 6.92 Å². The summed E-state index contributed by atoms with van der Waals surface area (Å²) in [6, 6.07) is 10.5. The average molecular weight is 268 g/mol. The smallest absolute Gasteiger partial charge is 0.147 e. The molecule has 0 aliphatic rings. The summed E-state index contributed by atoms with van der Waals surface area (Å²) < 4.78 is 5.70. The minimum Gasteiger partial charge on any atom is -0.455 e. The highest BCUT2D eigenvalue weighted by molar-refractivity contribution is 6.34. The van der Waals surface area contributed by atoms with Crippen molar-refractivity contribution >= 4 is 28.9 Å². The van der Waals surface area contributed by atoms with Crippen molar-refractivity contribution in [3.05, 3.63) is 52.0 Å². The van der Waals surface area contributed by atoms with Gasteiger partial charge in [-0.25, -0.2) is 0 Å². The van der Waals surface area contributed by atoms with Crippen LogP contribution >= 0.6 is 23.2 Å². The van der Waals surface area contributed by atoms with Crippen molar-refractivity contribution in [1.29, 1.82) is 0 Å². The van der Waals surface area contributed by atoms with Crippen LogP contribution < -0.4 is 10.5 Å². The number of hydrogen-bond acceptors (Lipinski definition) is 2. The Morgan fingerprint density at radius 2 is 1.76 bits per heavy atom. The summed E-state index contributed by atoms with van der Waals surface area (Å²) in [6.07, 6.45) is 0. The van der Waals surface area contributed by atoms with Gasteiger partial charge in [0.05, 0.1) is 5.02 Å². The zero-order valence-electron chi connectivity index (χ0n) is 9.21. The number of rotatable bonds is 2. The molecule has 0 unspecified atom stereocenters. The van der Waals surface area contributed by atoms with Gasteiger partial charge in [-0.05, 0) is 42.8 Å². The first-order chi connectivity index (χ1) is 8.06. The fourth-order valence-corrected chi connectivity index (χ4v) is 1.78. The standard InChI is InChI=1S/C13H11Cl2NO/c1-8-6-10(16)3-5-12(8)17-13-7-9(14)2-4-11(13)15/h2-7H,16H2,1H3. The largest absolute Gasteiger partial charge is 0.455 e. The number of halogens is 2. The number of hydrogen-bond donors (Lipinski definition) is 1. The second-order valence-corrected chi connectivity index (χ2v) is 4.55. The minimum absolute atomic E-state index is 0.519. The first-order valence-corrected chi connectivity index (χ1v) is 5.81. The highest BCUT2D eigenvalue weighted by Crippen LogP contribution is 2.33. The number of nitrogen functional groups attached to an aromatic ring is 1. The number of aryl methyl sites for hydroxylation is 1. The third-order valence-electron chi connectivity index (χ3n) is 2.31. The summed E-state index contributed by atoms with van der Waals surface area (Å²) in [7, 11) is 0. The highest BCUT2D eigenvalue weighted by atomic mass is 35.5. The molecule has 0 saturated carbocycles. The molecular weight excluding hydrogens is 257 g/mol. The van der Waals surface area contributed by atoms with E-state index in [2.05, 4.69) is 0 Å². The predicted molar refractivity (Wildman–Crippen MR) is 72.1 cm³/mol. The van der Waals surface area contributed by atoms with Crippen LogP contribution in [0.2, 0.25) is 10.0 Å². The molecule has 0 amide bonds. The van der Waals surface area contributed by atoms with Crippen LogP contribution in [0.5, 0.6) is 11.5 Å². The Hall–Kier alpha value is -1.38. The Labute approximate surface area is 110 Å². The van der Waals surface area contributed by atoms with E-state index in [0.29, 0.717) is 27.2 Å². The Morgan fingerprint density at radius 1 is 1.00 bits per heavy atom. The Kier molecular flexibility index (Phi) is 3.46. The van der Waals surface area contributed by atoms with Crippen molar-refractivity contribution in [3.8, 4) is 11.5 Å². The van der Waals surface area contributed by atoms with Gasteiger partial charge in [0.1, 0.15) is 11.5 Å². The Bertz CT molecular complexity index is 555.